The van der Waals surface area contributed by atoms with Gasteiger partial charge < -0.3 is 10.4 Å². The molecular formula is C13H17NO3. The molecule has 0 radical (unpaired) electrons. The summed E-state index contributed by atoms with van der Waals surface area (Å²) in [5.74, 6) is -0.871. The minimum atomic E-state index is -0.864. The van der Waals surface area contributed by atoms with E-state index < -0.39 is 5.97 Å². The molecule has 0 heterocycles. The highest BCUT2D eigenvalue weighted by molar-refractivity contribution is 5.98. The molecule has 17 heavy (non-hydrogen) atoms. The van der Waals surface area contributed by atoms with E-state index in [4.69, 9.17) is 5.11 Å². The van der Waals surface area contributed by atoms with Crippen molar-refractivity contribution >= 4 is 11.8 Å². The number of hydrogen-bond acceptors (Lipinski definition) is 3. The third kappa shape index (κ3) is 4.36. The lowest BCUT2D eigenvalue weighted by Gasteiger charge is -2.06. The summed E-state index contributed by atoms with van der Waals surface area (Å²) in [4.78, 5) is 22.1. The summed E-state index contributed by atoms with van der Waals surface area (Å²) in [6.45, 7) is 4.37. The average Bonchev–Trinajstić information content (AvgIpc) is 2.23. The highest BCUT2D eigenvalue weighted by Crippen LogP contribution is 2.10. The second kappa shape index (κ2) is 6.15. The van der Waals surface area contributed by atoms with Crippen molar-refractivity contribution in [2.75, 3.05) is 13.1 Å². The number of carbonyl (C=O) groups excluding carboxylic acids is 1. The summed E-state index contributed by atoms with van der Waals surface area (Å²) in [5, 5.41) is 11.3. The van der Waals surface area contributed by atoms with Gasteiger partial charge in [-0.1, -0.05) is 23.8 Å². The second-order valence-corrected chi connectivity index (χ2v) is 4.06. The second-order valence-electron chi connectivity index (χ2n) is 4.06. The van der Waals surface area contributed by atoms with Gasteiger partial charge in [0.15, 0.2) is 5.78 Å². The van der Waals surface area contributed by atoms with Gasteiger partial charge >= 0.3 is 5.97 Å². The lowest BCUT2D eigenvalue weighted by Crippen LogP contribution is -2.25. The van der Waals surface area contributed by atoms with Crippen LogP contribution in [0.3, 0.4) is 0 Å². The molecule has 0 unspecified atom stereocenters. The Labute approximate surface area is 101 Å². The standard InChI is InChI=1S/C13H17NO3/c1-9-3-4-11(10(2)7-9)12(15)8-14-6-5-13(16)17/h3-4,7,14H,5-6,8H2,1-2H3,(H,16,17). The zero-order chi connectivity index (χ0) is 12.8. The molecule has 1 rings (SSSR count). The number of nitrogens with one attached hydrogen (secondary N) is 1. The Balaban J connectivity index is 2.50. The maximum Gasteiger partial charge on any atom is 0.304 e. The fourth-order valence-corrected chi connectivity index (χ4v) is 1.62. The number of Topliss-reactive ketones (excluding diaryl/α,β-unsaturated/α-hetero) is 1. The first-order chi connectivity index (χ1) is 8.00. The molecule has 1 aromatic rings. The summed E-state index contributed by atoms with van der Waals surface area (Å²) in [6, 6.07) is 5.67. The van der Waals surface area contributed by atoms with Crippen molar-refractivity contribution in [2.24, 2.45) is 0 Å². The minimum absolute atomic E-state index is 0.00658. The fourth-order valence-electron chi connectivity index (χ4n) is 1.62. The van der Waals surface area contributed by atoms with Gasteiger partial charge in [-0.05, 0) is 19.4 Å². The summed E-state index contributed by atoms with van der Waals surface area (Å²) < 4.78 is 0. The molecule has 0 aliphatic heterocycles. The zero-order valence-corrected chi connectivity index (χ0v) is 10.1. The molecule has 92 valence electrons. The summed E-state index contributed by atoms with van der Waals surface area (Å²) in [7, 11) is 0. The molecule has 0 fully saturated rings. The Morgan fingerprint density at radius 1 is 1.29 bits per heavy atom. The largest absolute Gasteiger partial charge is 0.481 e. The molecule has 0 amide bonds. The molecule has 0 saturated heterocycles. The molecule has 0 aliphatic carbocycles. The van der Waals surface area contributed by atoms with Crippen molar-refractivity contribution in [3.05, 3.63) is 34.9 Å². The van der Waals surface area contributed by atoms with Crippen LogP contribution in [0.2, 0.25) is 0 Å². The van der Waals surface area contributed by atoms with Crippen molar-refractivity contribution in [3.63, 3.8) is 0 Å². The zero-order valence-electron chi connectivity index (χ0n) is 10.1. The predicted octanol–water partition coefficient (Wildman–Crippen LogP) is 1.55. The third-order valence-corrected chi connectivity index (χ3v) is 2.48. The Kier molecular flexibility index (Phi) is 4.84. The molecule has 0 aliphatic rings. The maximum absolute atomic E-state index is 11.8. The molecule has 0 bridgehead atoms. The van der Waals surface area contributed by atoms with E-state index in [1.807, 2.05) is 32.0 Å². The molecule has 0 spiro atoms. The first kappa shape index (κ1) is 13.4. The average molecular weight is 235 g/mol. The van der Waals surface area contributed by atoms with E-state index >= 15 is 0 Å². The first-order valence-corrected chi connectivity index (χ1v) is 5.53. The molecule has 0 saturated carbocycles. The van der Waals surface area contributed by atoms with Crippen LogP contribution >= 0.6 is 0 Å². The number of aliphatic carboxylic acids is 1. The Morgan fingerprint density at radius 2 is 2.00 bits per heavy atom. The van der Waals surface area contributed by atoms with E-state index in [0.717, 1.165) is 11.1 Å². The van der Waals surface area contributed by atoms with Gasteiger partial charge in [0.1, 0.15) is 0 Å². The van der Waals surface area contributed by atoms with Gasteiger partial charge in [-0.3, -0.25) is 9.59 Å². The monoisotopic (exact) mass is 235 g/mol. The SMILES string of the molecule is Cc1ccc(C(=O)CNCCC(=O)O)c(C)c1. The number of carboxylic acids is 1. The van der Waals surface area contributed by atoms with E-state index in [-0.39, 0.29) is 18.7 Å². The van der Waals surface area contributed by atoms with Crippen molar-refractivity contribution in [1.29, 1.82) is 0 Å². The third-order valence-electron chi connectivity index (χ3n) is 2.48. The van der Waals surface area contributed by atoms with Gasteiger partial charge in [0.05, 0.1) is 13.0 Å². The van der Waals surface area contributed by atoms with Crippen LogP contribution in [0, 0.1) is 13.8 Å². The lowest BCUT2D eigenvalue weighted by molar-refractivity contribution is -0.136. The molecule has 0 aromatic heterocycles. The van der Waals surface area contributed by atoms with E-state index in [1.165, 1.54) is 0 Å². The van der Waals surface area contributed by atoms with Gasteiger partial charge in [0.2, 0.25) is 0 Å². The van der Waals surface area contributed by atoms with Crippen LogP contribution in [0.1, 0.15) is 27.9 Å². The summed E-state index contributed by atoms with van der Waals surface area (Å²) in [6.07, 6.45) is 0.0279. The van der Waals surface area contributed by atoms with E-state index in [9.17, 15) is 9.59 Å². The Hall–Kier alpha value is -1.68. The van der Waals surface area contributed by atoms with Crippen LogP contribution < -0.4 is 5.32 Å². The highest BCUT2D eigenvalue weighted by Gasteiger charge is 2.08. The number of hydrogen-bond donors (Lipinski definition) is 2. The maximum atomic E-state index is 11.8. The van der Waals surface area contributed by atoms with Crippen molar-refractivity contribution < 1.29 is 14.7 Å². The normalized spacial score (nSPS) is 10.2. The number of carboxylic acid groups (broad SMARTS) is 1. The van der Waals surface area contributed by atoms with Crippen LogP contribution in [-0.2, 0) is 4.79 Å². The molecule has 1 aromatic carbocycles. The molecule has 2 N–H and O–H groups in total. The van der Waals surface area contributed by atoms with E-state index in [0.29, 0.717) is 12.1 Å². The first-order valence-electron chi connectivity index (χ1n) is 5.53. The summed E-state index contributed by atoms with van der Waals surface area (Å²) in [5.41, 5.74) is 2.77. The molecular weight excluding hydrogens is 218 g/mol. The minimum Gasteiger partial charge on any atom is -0.481 e. The number of benzene rings is 1. The van der Waals surface area contributed by atoms with Crippen LogP contribution in [0.25, 0.3) is 0 Å². The van der Waals surface area contributed by atoms with Gasteiger partial charge in [-0.2, -0.15) is 0 Å². The number of aryl methyl sites for hydroxylation is 2. The van der Waals surface area contributed by atoms with Gasteiger partial charge in [0, 0.05) is 12.1 Å². The quantitative estimate of drug-likeness (QED) is 0.580. The van der Waals surface area contributed by atoms with Crippen LogP contribution in [0.15, 0.2) is 18.2 Å². The fraction of sp³-hybridized carbons (Fsp3) is 0.385. The number of carbonyl (C=O) groups is 2. The highest BCUT2D eigenvalue weighted by atomic mass is 16.4. The van der Waals surface area contributed by atoms with Crippen LogP contribution in [-0.4, -0.2) is 29.9 Å². The van der Waals surface area contributed by atoms with Gasteiger partial charge in [-0.25, -0.2) is 0 Å². The van der Waals surface area contributed by atoms with Gasteiger partial charge in [-0.15, -0.1) is 0 Å². The number of rotatable bonds is 6. The smallest absolute Gasteiger partial charge is 0.304 e. The predicted molar refractivity (Wildman–Crippen MR) is 65.4 cm³/mol. The van der Waals surface area contributed by atoms with E-state index in [2.05, 4.69) is 5.32 Å². The van der Waals surface area contributed by atoms with Crippen LogP contribution in [0.4, 0.5) is 0 Å². The van der Waals surface area contributed by atoms with Gasteiger partial charge in [0.25, 0.3) is 0 Å². The molecule has 4 heteroatoms. The summed E-state index contributed by atoms with van der Waals surface area (Å²) >= 11 is 0. The Bertz CT molecular complexity index is 427. The lowest BCUT2D eigenvalue weighted by atomic mass is 10.0. The van der Waals surface area contributed by atoms with Crippen molar-refractivity contribution in [2.45, 2.75) is 20.3 Å². The topological polar surface area (TPSA) is 66.4 Å². The molecule has 4 nitrogen and oxygen atoms in total. The van der Waals surface area contributed by atoms with Crippen LogP contribution in [0.5, 0.6) is 0 Å². The molecule has 0 atom stereocenters. The number of ketones is 1. The Morgan fingerprint density at radius 3 is 2.59 bits per heavy atom. The van der Waals surface area contributed by atoms with Crippen molar-refractivity contribution in [1.82, 2.24) is 5.32 Å². The van der Waals surface area contributed by atoms with E-state index in [1.54, 1.807) is 0 Å². The van der Waals surface area contributed by atoms with Crippen molar-refractivity contribution in [3.8, 4) is 0 Å².